The largest absolute Gasteiger partial charge is 0.497 e. The zero-order valence-corrected chi connectivity index (χ0v) is 18.7. The minimum atomic E-state index is -3.78. The van der Waals surface area contributed by atoms with E-state index >= 15 is 0 Å². The number of rotatable bonds is 6. The third-order valence-corrected chi connectivity index (χ3v) is 7.96. The molecule has 0 spiro atoms. The summed E-state index contributed by atoms with van der Waals surface area (Å²) < 4.78 is 34.0. The molecule has 0 amide bonds. The van der Waals surface area contributed by atoms with Crippen molar-refractivity contribution >= 4 is 20.9 Å². The maximum Gasteiger partial charge on any atom is 0.252 e. The van der Waals surface area contributed by atoms with Crippen molar-refractivity contribution in [3.63, 3.8) is 0 Å². The first-order valence-electron chi connectivity index (χ1n) is 10.7. The molecule has 1 aliphatic rings. The summed E-state index contributed by atoms with van der Waals surface area (Å²) in [6.45, 7) is 2.05. The molecule has 0 unspecified atom stereocenters. The Morgan fingerprint density at radius 1 is 1.03 bits per heavy atom. The normalized spacial score (nSPS) is 15.5. The Labute approximate surface area is 182 Å². The fourth-order valence-corrected chi connectivity index (χ4v) is 5.98. The third kappa shape index (κ3) is 4.52. The first-order chi connectivity index (χ1) is 14.9. The van der Waals surface area contributed by atoms with Gasteiger partial charge in [-0.3, -0.25) is 4.79 Å². The lowest BCUT2D eigenvalue weighted by atomic mass is 9.95. The van der Waals surface area contributed by atoms with E-state index in [4.69, 9.17) is 4.74 Å². The number of nitrogens with zero attached hydrogens (tertiary/aromatic N) is 1. The second-order valence-electron chi connectivity index (χ2n) is 8.23. The van der Waals surface area contributed by atoms with Crippen molar-refractivity contribution < 1.29 is 13.2 Å². The van der Waals surface area contributed by atoms with Crippen LogP contribution in [0.5, 0.6) is 5.75 Å². The molecule has 1 fully saturated rings. The van der Waals surface area contributed by atoms with Crippen LogP contribution < -0.4 is 10.3 Å². The smallest absolute Gasteiger partial charge is 0.252 e. The molecular formula is C24H28N2O4S. The Hall–Kier alpha value is -2.64. The number of sulfonamides is 1. The van der Waals surface area contributed by atoms with Gasteiger partial charge in [-0.2, -0.15) is 4.31 Å². The molecule has 3 aromatic rings. The van der Waals surface area contributed by atoms with Crippen molar-refractivity contribution in [2.24, 2.45) is 0 Å². The van der Waals surface area contributed by atoms with E-state index in [1.165, 1.54) is 4.31 Å². The van der Waals surface area contributed by atoms with Gasteiger partial charge in [0.2, 0.25) is 10.0 Å². The van der Waals surface area contributed by atoms with E-state index in [0.717, 1.165) is 48.6 Å². The van der Waals surface area contributed by atoms with Crippen LogP contribution in [-0.4, -0.2) is 30.9 Å². The minimum absolute atomic E-state index is 0.0538. The molecule has 4 rings (SSSR count). The topological polar surface area (TPSA) is 79.5 Å². The summed E-state index contributed by atoms with van der Waals surface area (Å²) in [6.07, 6.45) is 4.71. The van der Waals surface area contributed by atoms with Crippen molar-refractivity contribution in [3.8, 4) is 5.75 Å². The summed E-state index contributed by atoms with van der Waals surface area (Å²) >= 11 is 0. The van der Waals surface area contributed by atoms with Gasteiger partial charge in [-0.05, 0) is 67.6 Å². The van der Waals surface area contributed by atoms with E-state index in [1.807, 2.05) is 31.2 Å². The van der Waals surface area contributed by atoms with Crippen LogP contribution in [0.4, 0.5) is 0 Å². The number of hydrogen-bond donors (Lipinski definition) is 1. The fraction of sp³-hybridized carbons (Fsp3) is 0.375. The number of H-pyrrole nitrogens is 1. The summed E-state index contributed by atoms with van der Waals surface area (Å²) in [5, 5.41) is 0.903. The second kappa shape index (κ2) is 8.85. The lowest BCUT2D eigenvalue weighted by Crippen LogP contribution is -2.42. The number of aryl methyl sites for hydroxylation is 1. The Balaban J connectivity index is 1.75. The number of fused-ring (bicyclic) bond motifs is 1. The highest BCUT2D eigenvalue weighted by Gasteiger charge is 2.33. The van der Waals surface area contributed by atoms with E-state index in [9.17, 15) is 13.2 Å². The molecule has 7 heteroatoms. The first kappa shape index (κ1) is 21.6. The molecule has 0 saturated heterocycles. The minimum Gasteiger partial charge on any atom is -0.497 e. The van der Waals surface area contributed by atoms with E-state index < -0.39 is 10.0 Å². The molecule has 0 radical (unpaired) electrons. The molecule has 1 saturated carbocycles. The Kier molecular flexibility index (Phi) is 6.16. The highest BCUT2D eigenvalue weighted by Crippen LogP contribution is 2.30. The maximum absolute atomic E-state index is 13.6. The predicted molar refractivity (Wildman–Crippen MR) is 122 cm³/mol. The number of pyridine rings is 1. The van der Waals surface area contributed by atoms with Gasteiger partial charge in [0.05, 0.1) is 12.0 Å². The van der Waals surface area contributed by atoms with Crippen LogP contribution in [0.1, 0.15) is 43.2 Å². The summed E-state index contributed by atoms with van der Waals surface area (Å²) in [5.74, 6) is 0.601. The molecule has 1 N–H and O–H groups in total. The van der Waals surface area contributed by atoms with Crippen LogP contribution >= 0.6 is 0 Å². The van der Waals surface area contributed by atoms with Crippen LogP contribution in [0, 0.1) is 6.92 Å². The van der Waals surface area contributed by atoms with Crippen molar-refractivity contribution in [1.82, 2.24) is 9.29 Å². The number of methoxy groups -OCH3 is 1. The molecule has 6 nitrogen and oxygen atoms in total. The average molecular weight is 441 g/mol. The van der Waals surface area contributed by atoms with Gasteiger partial charge in [-0.25, -0.2) is 8.42 Å². The molecule has 1 aromatic heterocycles. The Morgan fingerprint density at radius 3 is 2.42 bits per heavy atom. The molecule has 1 aliphatic carbocycles. The molecule has 164 valence electrons. The SMILES string of the molecule is COc1ccc(S(=O)(=O)N(Cc2cc3cc(C)ccc3[nH]c2=O)C2CCCCC2)cc1. The summed E-state index contributed by atoms with van der Waals surface area (Å²) in [7, 11) is -2.23. The van der Waals surface area contributed by atoms with Crippen molar-refractivity contribution in [1.29, 1.82) is 0 Å². The molecule has 0 bridgehead atoms. The molecular weight excluding hydrogens is 412 g/mol. The van der Waals surface area contributed by atoms with E-state index in [2.05, 4.69) is 4.98 Å². The van der Waals surface area contributed by atoms with E-state index in [0.29, 0.717) is 11.3 Å². The molecule has 2 aromatic carbocycles. The first-order valence-corrected chi connectivity index (χ1v) is 12.1. The van der Waals surface area contributed by atoms with Crippen molar-refractivity contribution in [2.45, 2.75) is 56.5 Å². The van der Waals surface area contributed by atoms with Gasteiger partial charge in [-0.1, -0.05) is 30.9 Å². The van der Waals surface area contributed by atoms with Gasteiger partial charge in [0.1, 0.15) is 5.75 Å². The predicted octanol–water partition coefficient (Wildman–Crippen LogP) is 4.37. The standard InChI is InChI=1S/C24H28N2O4S/c1-17-8-13-23-18(14-17)15-19(24(27)25-23)16-26(20-6-4-3-5-7-20)31(28,29)22-11-9-21(30-2)10-12-22/h8-15,20H,3-7,16H2,1-2H3,(H,25,27). The van der Waals surface area contributed by atoms with Gasteiger partial charge in [0, 0.05) is 23.7 Å². The molecule has 0 aliphatic heterocycles. The van der Waals surface area contributed by atoms with Gasteiger partial charge < -0.3 is 9.72 Å². The Morgan fingerprint density at radius 2 is 1.74 bits per heavy atom. The number of hydrogen-bond acceptors (Lipinski definition) is 4. The van der Waals surface area contributed by atoms with Gasteiger partial charge in [-0.15, -0.1) is 0 Å². The van der Waals surface area contributed by atoms with Crippen LogP contribution in [0.3, 0.4) is 0 Å². The number of aromatic amines is 1. The average Bonchev–Trinajstić information content (AvgIpc) is 2.78. The highest BCUT2D eigenvalue weighted by atomic mass is 32.2. The lowest BCUT2D eigenvalue weighted by Gasteiger charge is -2.33. The third-order valence-electron chi connectivity index (χ3n) is 6.05. The monoisotopic (exact) mass is 440 g/mol. The van der Waals surface area contributed by atoms with Gasteiger partial charge in [0.25, 0.3) is 5.56 Å². The number of ether oxygens (including phenoxy) is 1. The van der Waals surface area contributed by atoms with E-state index in [1.54, 1.807) is 31.4 Å². The Bertz CT molecular complexity index is 1230. The number of nitrogens with one attached hydrogen (secondary N) is 1. The van der Waals surface area contributed by atoms with Gasteiger partial charge in [0.15, 0.2) is 0 Å². The van der Waals surface area contributed by atoms with Crippen molar-refractivity contribution in [2.75, 3.05) is 7.11 Å². The quantitative estimate of drug-likeness (QED) is 0.617. The summed E-state index contributed by atoms with van der Waals surface area (Å²) in [5.41, 5.74) is 2.05. The lowest BCUT2D eigenvalue weighted by molar-refractivity contribution is 0.247. The molecule has 31 heavy (non-hydrogen) atoms. The molecule has 1 heterocycles. The fourth-order valence-electron chi connectivity index (χ4n) is 4.32. The van der Waals surface area contributed by atoms with Crippen LogP contribution in [0.25, 0.3) is 10.9 Å². The summed E-state index contributed by atoms with van der Waals surface area (Å²) in [6, 6.07) is 14.0. The zero-order chi connectivity index (χ0) is 22.0. The zero-order valence-electron chi connectivity index (χ0n) is 17.9. The molecule has 0 atom stereocenters. The number of aromatic nitrogens is 1. The maximum atomic E-state index is 13.6. The number of benzene rings is 2. The summed E-state index contributed by atoms with van der Waals surface area (Å²) in [4.78, 5) is 15.9. The van der Waals surface area contributed by atoms with Crippen LogP contribution in [0.15, 0.2) is 58.2 Å². The van der Waals surface area contributed by atoms with E-state index in [-0.39, 0.29) is 23.0 Å². The highest BCUT2D eigenvalue weighted by molar-refractivity contribution is 7.89. The van der Waals surface area contributed by atoms with Crippen LogP contribution in [0.2, 0.25) is 0 Å². The van der Waals surface area contributed by atoms with Crippen LogP contribution in [-0.2, 0) is 16.6 Å². The second-order valence-corrected chi connectivity index (χ2v) is 10.1. The van der Waals surface area contributed by atoms with Gasteiger partial charge >= 0.3 is 0 Å². The van der Waals surface area contributed by atoms with Crippen molar-refractivity contribution in [3.05, 3.63) is 70.0 Å².